The second-order valence-corrected chi connectivity index (χ2v) is 7.42. The van der Waals surface area contributed by atoms with Gasteiger partial charge in [-0.2, -0.15) is 0 Å². The van der Waals surface area contributed by atoms with Crippen LogP contribution in [0.25, 0.3) is 0 Å². The van der Waals surface area contributed by atoms with Crippen molar-refractivity contribution in [2.45, 2.75) is 38.6 Å². The maximum Gasteiger partial charge on any atom is 0.240 e. The van der Waals surface area contributed by atoms with Gasteiger partial charge < -0.3 is 10.6 Å². The zero-order chi connectivity index (χ0) is 15.0. The maximum atomic E-state index is 11.5. The van der Waals surface area contributed by atoms with Crippen LogP contribution >= 0.6 is 0 Å². The Morgan fingerprint density at radius 2 is 1.79 bits per heavy atom. The maximum absolute atomic E-state index is 11.5. The van der Waals surface area contributed by atoms with E-state index in [0.717, 1.165) is 0 Å². The van der Waals surface area contributed by atoms with Gasteiger partial charge >= 0.3 is 0 Å². The Morgan fingerprint density at radius 1 is 1.26 bits per heavy atom. The zero-order valence-corrected chi connectivity index (χ0v) is 13.0. The van der Waals surface area contributed by atoms with Crippen LogP contribution in [0.4, 0.5) is 11.4 Å². The summed E-state index contributed by atoms with van der Waals surface area (Å²) in [6.07, 6.45) is 0. The Labute approximate surface area is 115 Å². The van der Waals surface area contributed by atoms with Crippen molar-refractivity contribution in [3.63, 3.8) is 0 Å². The van der Waals surface area contributed by atoms with Crippen molar-refractivity contribution < 1.29 is 8.42 Å². The molecule has 108 valence electrons. The number of nitrogens with two attached hydrogens (primary N) is 2. The van der Waals surface area contributed by atoms with E-state index in [1.165, 1.54) is 6.07 Å². The highest BCUT2D eigenvalue weighted by atomic mass is 32.2. The van der Waals surface area contributed by atoms with E-state index in [1.807, 2.05) is 11.9 Å². The molecule has 1 aromatic carbocycles. The molecule has 0 amide bonds. The lowest BCUT2D eigenvalue weighted by atomic mass is 9.87. The van der Waals surface area contributed by atoms with Gasteiger partial charge in [-0.1, -0.05) is 26.8 Å². The highest BCUT2D eigenvalue weighted by molar-refractivity contribution is 7.89. The highest BCUT2D eigenvalue weighted by Gasteiger charge is 2.26. The fourth-order valence-electron chi connectivity index (χ4n) is 1.88. The largest absolute Gasteiger partial charge is 0.396 e. The molecule has 6 heteroatoms. The second-order valence-electron chi connectivity index (χ2n) is 5.89. The molecule has 0 aliphatic rings. The van der Waals surface area contributed by atoms with Crippen LogP contribution in [-0.2, 0) is 10.0 Å². The Bertz CT molecular complexity index is 562. The molecular formula is C13H23N3O2S. The second kappa shape index (κ2) is 5.02. The molecule has 1 aromatic rings. The molecule has 5 nitrogen and oxygen atoms in total. The zero-order valence-electron chi connectivity index (χ0n) is 12.1. The summed E-state index contributed by atoms with van der Waals surface area (Å²) in [4.78, 5) is 1.95. The first-order valence-corrected chi connectivity index (χ1v) is 7.65. The molecule has 0 aliphatic heterocycles. The number of nitrogen functional groups attached to an aromatic ring is 1. The topological polar surface area (TPSA) is 89.4 Å². The van der Waals surface area contributed by atoms with Gasteiger partial charge in [0.2, 0.25) is 10.0 Å². The molecule has 0 aliphatic carbocycles. The average Bonchev–Trinajstić information content (AvgIpc) is 2.24. The minimum Gasteiger partial charge on any atom is -0.396 e. The van der Waals surface area contributed by atoms with Crippen LogP contribution in [0.3, 0.4) is 0 Å². The van der Waals surface area contributed by atoms with E-state index in [9.17, 15) is 8.42 Å². The normalized spacial score (nSPS) is 14.2. The van der Waals surface area contributed by atoms with Crippen LogP contribution in [0, 0.1) is 5.41 Å². The number of sulfonamides is 1. The number of nitrogens with zero attached hydrogens (tertiary/aromatic N) is 1. The van der Waals surface area contributed by atoms with E-state index >= 15 is 0 Å². The first-order chi connectivity index (χ1) is 8.46. The molecule has 1 atom stereocenters. The summed E-state index contributed by atoms with van der Waals surface area (Å²) >= 11 is 0. The van der Waals surface area contributed by atoms with Crippen molar-refractivity contribution in [2.24, 2.45) is 10.6 Å². The Morgan fingerprint density at radius 3 is 2.21 bits per heavy atom. The third kappa shape index (κ3) is 3.39. The molecule has 0 saturated carbocycles. The summed E-state index contributed by atoms with van der Waals surface area (Å²) in [6, 6.07) is 5.05. The Kier molecular flexibility index (Phi) is 4.17. The summed E-state index contributed by atoms with van der Waals surface area (Å²) in [5.74, 6) is 0. The van der Waals surface area contributed by atoms with Crippen molar-refractivity contribution >= 4 is 21.4 Å². The summed E-state index contributed by atoms with van der Waals surface area (Å²) < 4.78 is 22.9. The minimum absolute atomic E-state index is 0.0297. The Hall–Kier alpha value is -1.27. The summed E-state index contributed by atoms with van der Waals surface area (Å²) in [5, 5.41) is 5.16. The predicted molar refractivity (Wildman–Crippen MR) is 79.5 cm³/mol. The molecule has 0 fully saturated rings. The number of benzene rings is 1. The van der Waals surface area contributed by atoms with E-state index in [0.29, 0.717) is 5.69 Å². The van der Waals surface area contributed by atoms with Gasteiger partial charge in [-0.3, -0.25) is 0 Å². The van der Waals surface area contributed by atoms with Crippen LogP contribution in [0.1, 0.15) is 27.7 Å². The minimum atomic E-state index is -3.80. The monoisotopic (exact) mass is 285 g/mol. The SMILES string of the molecule is CC(N(C)c1cccc(S(N)(=O)=O)c1N)C(C)(C)C. The number of primary sulfonamides is 1. The number of hydrogen-bond acceptors (Lipinski definition) is 4. The molecule has 4 N–H and O–H groups in total. The lowest BCUT2D eigenvalue weighted by Gasteiger charge is -2.37. The van der Waals surface area contributed by atoms with Gasteiger partial charge in [-0.15, -0.1) is 0 Å². The fourth-order valence-corrected chi connectivity index (χ4v) is 2.56. The average molecular weight is 285 g/mol. The van der Waals surface area contributed by atoms with Gasteiger partial charge in [0.15, 0.2) is 0 Å². The van der Waals surface area contributed by atoms with Crippen LogP contribution in [0.2, 0.25) is 0 Å². The van der Waals surface area contributed by atoms with E-state index in [4.69, 9.17) is 10.9 Å². The van der Waals surface area contributed by atoms with Gasteiger partial charge in [-0.05, 0) is 24.5 Å². The molecule has 0 bridgehead atoms. The molecule has 1 rings (SSSR count). The van der Waals surface area contributed by atoms with Crippen LogP contribution < -0.4 is 15.8 Å². The molecule has 1 unspecified atom stereocenters. The quantitative estimate of drug-likeness (QED) is 0.828. The summed E-state index contributed by atoms with van der Waals surface area (Å²) in [5.41, 5.74) is 6.86. The van der Waals surface area contributed by atoms with Crippen molar-refractivity contribution in [1.82, 2.24) is 0 Å². The third-order valence-electron chi connectivity index (χ3n) is 3.56. The van der Waals surface area contributed by atoms with Crippen molar-refractivity contribution in [3.8, 4) is 0 Å². The summed E-state index contributed by atoms with van der Waals surface area (Å²) in [7, 11) is -1.91. The molecule has 0 radical (unpaired) electrons. The van der Waals surface area contributed by atoms with Gasteiger partial charge in [0.1, 0.15) is 4.90 Å². The first kappa shape index (κ1) is 15.8. The van der Waals surface area contributed by atoms with E-state index < -0.39 is 10.0 Å². The standard InChI is InChI=1S/C13H23N3O2S/c1-9(13(2,3)4)16(5)10-7-6-8-11(12(10)14)19(15,17)18/h6-9H,14H2,1-5H3,(H2,15,17,18). The number of para-hydroxylation sites is 1. The predicted octanol–water partition coefficient (Wildman–Crippen LogP) is 1.79. The van der Waals surface area contributed by atoms with Gasteiger partial charge in [0.25, 0.3) is 0 Å². The van der Waals surface area contributed by atoms with E-state index in [1.54, 1.807) is 12.1 Å². The number of rotatable bonds is 3. The lowest BCUT2D eigenvalue weighted by Crippen LogP contribution is -2.39. The van der Waals surface area contributed by atoms with Crippen molar-refractivity contribution in [1.29, 1.82) is 0 Å². The van der Waals surface area contributed by atoms with Crippen molar-refractivity contribution in [2.75, 3.05) is 17.7 Å². The number of anilines is 2. The lowest BCUT2D eigenvalue weighted by molar-refractivity contribution is 0.330. The van der Waals surface area contributed by atoms with E-state index in [2.05, 4.69) is 27.7 Å². The van der Waals surface area contributed by atoms with Gasteiger partial charge in [-0.25, -0.2) is 13.6 Å². The highest BCUT2D eigenvalue weighted by Crippen LogP contribution is 2.33. The number of hydrogen-bond donors (Lipinski definition) is 2. The van der Waals surface area contributed by atoms with Crippen LogP contribution in [0.5, 0.6) is 0 Å². The van der Waals surface area contributed by atoms with Gasteiger partial charge in [0.05, 0.1) is 11.4 Å². The molecule has 0 spiro atoms. The van der Waals surface area contributed by atoms with Crippen LogP contribution in [0.15, 0.2) is 23.1 Å². The third-order valence-corrected chi connectivity index (χ3v) is 4.53. The molecule has 0 saturated heterocycles. The summed E-state index contributed by atoms with van der Waals surface area (Å²) in [6.45, 7) is 8.43. The van der Waals surface area contributed by atoms with E-state index in [-0.39, 0.29) is 22.0 Å². The molecular weight excluding hydrogens is 262 g/mol. The van der Waals surface area contributed by atoms with Crippen LogP contribution in [-0.4, -0.2) is 21.5 Å². The van der Waals surface area contributed by atoms with Crippen molar-refractivity contribution in [3.05, 3.63) is 18.2 Å². The first-order valence-electron chi connectivity index (χ1n) is 6.10. The smallest absolute Gasteiger partial charge is 0.240 e. The fraction of sp³-hybridized carbons (Fsp3) is 0.538. The Balaban J connectivity index is 3.31. The molecule has 0 heterocycles. The molecule has 0 aromatic heterocycles. The van der Waals surface area contributed by atoms with Gasteiger partial charge in [0, 0.05) is 13.1 Å². The molecule has 19 heavy (non-hydrogen) atoms.